The molecule has 0 aromatic heterocycles. The Morgan fingerprint density at radius 2 is 2.16 bits per heavy atom. The zero-order valence-corrected chi connectivity index (χ0v) is 11.8. The van der Waals surface area contributed by atoms with Gasteiger partial charge in [-0.3, -0.25) is 4.79 Å². The van der Waals surface area contributed by atoms with Crippen molar-refractivity contribution in [3.8, 4) is 0 Å². The van der Waals surface area contributed by atoms with Crippen molar-refractivity contribution < 1.29 is 4.79 Å². The maximum Gasteiger partial charge on any atom is 0.224 e. The topological polar surface area (TPSA) is 53.2 Å². The number of anilines is 1. The summed E-state index contributed by atoms with van der Waals surface area (Å²) in [5.41, 5.74) is 3.55. The third-order valence-corrected chi connectivity index (χ3v) is 3.70. The van der Waals surface area contributed by atoms with Crippen molar-refractivity contribution >= 4 is 11.6 Å². The molecule has 0 bridgehead atoms. The van der Waals surface area contributed by atoms with Gasteiger partial charge in [0, 0.05) is 18.2 Å². The second kappa shape index (κ2) is 6.68. The van der Waals surface area contributed by atoms with Crippen LogP contribution >= 0.6 is 0 Å². The number of nitrogens with one attached hydrogen (secondary N) is 3. The van der Waals surface area contributed by atoms with Gasteiger partial charge in [0.1, 0.15) is 0 Å². The van der Waals surface area contributed by atoms with Crippen molar-refractivity contribution in [2.24, 2.45) is 0 Å². The Labute approximate surface area is 115 Å². The highest BCUT2D eigenvalue weighted by Crippen LogP contribution is 2.27. The van der Waals surface area contributed by atoms with Gasteiger partial charge in [-0.25, -0.2) is 0 Å². The number of carbonyl (C=O) groups excluding carboxylic acids is 1. The Morgan fingerprint density at radius 3 is 2.89 bits per heavy atom. The summed E-state index contributed by atoms with van der Waals surface area (Å²) in [4.78, 5) is 11.3. The van der Waals surface area contributed by atoms with Gasteiger partial charge < -0.3 is 16.0 Å². The van der Waals surface area contributed by atoms with Gasteiger partial charge in [0.2, 0.25) is 5.91 Å². The molecule has 1 aliphatic heterocycles. The summed E-state index contributed by atoms with van der Waals surface area (Å²) in [7, 11) is 3.99. The van der Waals surface area contributed by atoms with E-state index in [1.54, 1.807) is 0 Å². The van der Waals surface area contributed by atoms with Crippen molar-refractivity contribution in [2.75, 3.05) is 26.0 Å². The quantitative estimate of drug-likeness (QED) is 0.685. The number of aryl methyl sites for hydroxylation is 1. The number of carbonyl (C=O) groups is 1. The second-order valence-corrected chi connectivity index (χ2v) is 5.05. The minimum absolute atomic E-state index is 0.124. The number of hydrogen-bond donors (Lipinski definition) is 3. The molecule has 0 fully saturated rings. The van der Waals surface area contributed by atoms with Gasteiger partial charge in [0.05, 0.1) is 0 Å². The minimum Gasteiger partial charge on any atom is -0.326 e. The molecule has 4 heteroatoms. The summed E-state index contributed by atoms with van der Waals surface area (Å²) in [6.07, 6.45) is 3.71. The fourth-order valence-electron chi connectivity index (χ4n) is 2.58. The molecule has 1 amide bonds. The van der Waals surface area contributed by atoms with Gasteiger partial charge in [0.25, 0.3) is 0 Å². The van der Waals surface area contributed by atoms with Crippen molar-refractivity contribution in [2.45, 2.75) is 31.7 Å². The van der Waals surface area contributed by atoms with E-state index in [0.29, 0.717) is 12.5 Å². The van der Waals surface area contributed by atoms with Crippen molar-refractivity contribution in [3.05, 3.63) is 29.3 Å². The first-order valence-corrected chi connectivity index (χ1v) is 6.99. The van der Waals surface area contributed by atoms with Crippen molar-refractivity contribution in [1.29, 1.82) is 0 Å². The summed E-state index contributed by atoms with van der Waals surface area (Å²) in [6.45, 7) is 1.04. The first-order valence-electron chi connectivity index (χ1n) is 6.99. The number of amides is 1. The summed E-state index contributed by atoms with van der Waals surface area (Å²) < 4.78 is 0. The van der Waals surface area contributed by atoms with Gasteiger partial charge in [-0.1, -0.05) is 12.1 Å². The summed E-state index contributed by atoms with van der Waals surface area (Å²) in [5, 5.41) is 9.48. The Bertz CT molecular complexity index is 445. The molecule has 0 aliphatic carbocycles. The van der Waals surface area contributed by atoms with Crippen LogP contribution in [0.15, 0.2) is 18.2 Å². The fourth-order valence-corrected chi connectivity index (χ4v) is 2.58. The Morgan fingerprint density at radius 1 is 1.32 bits per heavy atom. The smallest absolute Gasteiger partial charge is 0.224 e. The predicted octanol–water partition coefficient (Wildman–Crippen LogP) is 1.83. The monoisotopic (exact) mass is 261 g/mol. The Balaban J connectivity index is 2.09. The highest BCUT2D eigenvalue weighted by molar-refractivity contribution is 5.93. The van der Waals surface area contributed by atoms with Crippen LogP contribution in [0, 0.1) is 0 Å². The third-order valence-electron chi connectivity index (χ3n) is 3.70. The molecular formula is C15H23N3O. The van der Waals surface area contributed by atoms with E-state index in [4.69, 9.17) is 0 Å². The van der Waals surface area contributed by atoms with Crippen LogP contribution in [0.1, 0.15) is 36.4 Å². The number of hydrogen-bond acceptors (Lipinski definition) is 3. The molecule has 0 spiro atoms. The van der Waals surface area contributed by atoms with E-state index in [2.05, 4.69) is 28.1 Å². The van der Waals surface area contributed by atoms with Gasteiger partial charge in [-0.05, 0) is 57.1 Å². The summed E-state index contributed by atoms with van der Waals surface area (Å²) >= 11 is 0. The van der Waals surface area contributed by atoms with Gasteiger partial charge in [-0.15, -0.1) is 0 Å². The van der Waals surface area contributed by atoms with E-state index in [9.17, 15) is 4.79 Å². The molecule has 3 N–H and O–H groups in total. The lowest BCUT2D eigenvalue weighted by molar-refractivity contribution is -0.116. The van der Waals surface area contributed by atoms with Crippen LogP contribution in [0.5, 0.6) is 0 Å². The van der Waals surface area contributed by atoms with Gasteiger partial charge in [0.15, 0.2) is 0 Å². The average molecular weight is 261 g/mol. The van der Waals surface area contributed by atoms with E-state index in [1.165, 1.54) is 11.1 Å². The van der Waals surface area contributed by atoms with Gasteiger partial charge >= 0.3 is 0 Å². The third kappa shape index (κ3) is 3.55. The van der Waals surface area contributed by atoms with E-state index in [1.807, 2.05) is 20.2 Å². The van der Waals surface area contributed by atoms with Crippen LogP contribution in [-0.2, 0) is 11.2 Å². The Hall–Kier alpha value is -1.39. The molecule has 4 nitrogen and oxygen atoms in total. The van der Waals surface area contributed by atoms with Crippen LogP contribution in [-0.4, -0.2) is 26.5 Å². The number of fused-ring (bicyclic) bond motifs is 1. The number of benzene rings is 1. The number of rotatable bonds is 6. The van der Waals surface area contributed by atoms with Crippen molar-refractivity contribution in [1.82, 2.24) is 10.6 Å². The van der Waals surface area contributed by atoms with E-state index >= 15 is 0 Å². The lowest BCUT2D eigenvalue weighted by Crippen LogP contribution is -2.21. The zero-order chi connectivity index (χ0) is 13.7. The largest absolute Gasteiger partial charge is 0.326 e. The average Bonchev–Trinajstić information content (AvgIpc) is 2.43. The van der Waals surface area contributed by atoms with Crippen LogP contribution in [0.25, 0.3) is 0 Å². The first-order chi connectivity index (χ1) is 9.24. The summed E-state index contributed by atoms with van der Waals surface area (Å²) in [5.74, 6) is 0.124. The Kier molecular flexibility index (Phi) is 4.93. The molecule has 1 atom stereocenters. The van der Waals surface area contributed by atoms with Crippen LogP contribution in [0.3, 0.4) is 0 Å². The fraction of sp³-hybridized carbons (Fsp3) is 0.533. The molecule has 104 valence electrons. The first kappa shape index (κ1) is 14.0. The van der Waals surface area contributed by atoms with Crippen LogP contribution < -0.4 is 16.0 Å². The SMILES string of the molecule is CNCCCC(NC)c1ccc2c(c1)CCC(=O)N2. The summed E-state index contributed by atoms with van der Waals surface area (Å²) in [6, 6.07) is 6.76. The molecule has 19 heavy (non-hydrogen) atoms. The normalized spacial score (nSPS) is 15.8. The maximum absolute atomic E-state index is 11.3. The molecule has 1 unspecified atom stereocenters. The highest BCUT2D eigenvalue weighted by atomic mass is 16.1. The highest BCUT2D eigenvalue weighted by Gasteiger charge is 2.17. The van der Waals surface area contributed by atoms with Crippen molar-refractivity contribution in [3.63, 3.8) is 0 Å². The molecule has 0 saturated heterocycles. The van der Waals surface area contributed by atoms with Crippen LogP contribution in [0.2, 0.25) is 0 Å². The van der Waals surface area contributed by atoms with Crippen LogP contribution in [0.4, 0.5) is 5.69 Å². The van der Waals surface area contributed by atoms with E-state index in [0.717, 1.165) is 31.5 Å². The second-order valence-electron chi connectivity index (χ2n) is 5.05. The van der Waals surface area contributed by atoms with E-state index in [-0.39, 0.29) is 5.91 Å². The molecular weight excluding hydrogens is 238 g/mol. The minimum atomic E-state index is 0.124. The molecule has 1 heterocycles. The zero-order valence-electron chi connectivity index (χ0n) is 11.8. The molecule has 1 aliphatic rings. The predicted molar refractivity (Wildman–Crippen MR) is 78.4 cm³/mol. The van der Waals surface area contributed by atoms with E-state index < -0.39 is 0 Å². The molecule has 2 rings (SSSR count). The maximum atomic E-state index is 11.3. The molecule has 0 saturated carbocycles. The van der Waals surface area contributed by atoms with Gasteiger partial charge in [-0.2, -0.15) is 0 Å². The molecule has 1 aromatic rings. The molecule has 1 aromatic carbocycles. The lowest BCUT2D eigenvalue weighted by atomic mass is 9.95. The molecule has 0 radical (unpaired) electrons. The lowest BCUT2D eigenvalue weighted by Gasteiger charge is -2.21. The standard InChI is InChI=1S/C15H23N3O/c1-16-9-3-4-13(17-2)11-5-7-14-12(10-11)6-8-15(19)18-14/h5,7,10,13,16-17H,3-4,6,8-9H2,1-2H3,(H,18,19).